The number of nitrogens with zero attached hydrogens (tertiary/aromatic N) is 2. The maximum atomic E-state index is 12.5. The summed E-state index contributed by atoms with van der Waals surface area (Å²) in [5.41, 5.74) is 0.0493. The van der Waals surface area contributed by atoms with Gasteiger partial charge in [0.15, 0.2) is 0 Å². The van der Waals surface area contributed by atoms with Crippen molar-refractivity contribution in [2.75, 3.05) is 26.7 Å². The molecular weight excluding hydrogens is 312 g/mol. The SMILES string of the molecule is COC(=O)CN1CC2(CCCN2C(=O)OCc2ccccc2)C1=O. The zero-order valence-electron chi connectivity index (χ0n) is 13.6. The second kappa shape index (κ2) is 6.51. The molecule has 1 aromatic rings. The van der Waals surface area contributed by atoms with E-state index in [9.17, 15) is 14.4 Å². The first-order chi connectivity index (χ1) is 11.6. The zero-order chi connectivity index (χ0) is 17.2. The molecule has 2 aliphatic heterocycles. The maximum Gasteiger partial charge on any atom is 0.411 e. The first-order valence-electron chi connectivity index (χ1n) is 7.91. The highest BCUT2D eigenvalue weighted by atomic mass is 16.6. The number of rotatable bonds is 4. The van der Waals surface area contributed by atoms with Crippen LogP contribution in [-0.2, 0) is 25.7 Å². The van der Waals surface area contributed by atoms with Crippen molar-refractivity contribution in [2.24, 2.45) is 0 Å². The van der Waals surface area contributed by atoms with Crippen LogP contribution in [0.4, 0.5) is 4.79 Å². The lowest BCUT2D eigenvalue weighted by Crippen LogP contribution is -2.73. The molecule has 2 aliphatic rings. The van der Waals surface area contributed by atoms with Crippen molar-refractivity contribution < 1.29 is 23.9 Å². The molecule has 2 fully saturated rings. The van der Waals surface area contributed by atoms with E-state index in [1.54, 1.807) is 0 Å². The summed E-state index contributed by atoms with van der Waals surface area (Å²) in [6.45, 7) is 0.934. The van der Waals surface area contributed by atoms with Gasteiger partial charge in [-0.1, -0.05) is 30.3 Å². The van der Waals surface area contributed by atoms with E-state index in [-0.39, 0.29) is 19.1 Å². The summed E-state index contributed by atoms with van der Waals surface area (Å²) in [5, 5.41) is 0. The number of likely N-dealkylation sites (tertiary alicyclic amines) is 2. The molecule has 1 aromatic carbocycles. The first kappa shape index (κ1) is 16.3. The standard InChI is InChI=1S/C17H20N2O5/c1-23-14(20)10-18-12-17(15(18)21)8-5-9-19(17)16(22)24-11-13-6-3-2-4-7-13/h2-4,6-7H,5,8-12H2,1H3. The van der Waals surface area contributed by atoms with Gasteiger partial charge in [-0.25, -0.2) is 4.79 Å². The third kappa shape index (κ3) is 2.81. The highest BCUT2D eigenvalue weighted by Crippen LogP contribution is 2.39. The van der Waals surface area contributed by atoms with E-state index in [1.807, 2.05) is 30.3 Å². The van der Waals surface area contributed by atoms with Gasteiger partial charge >= 0.3 is 12.1 Å². The smallest absolute Gasteiger partial charge is 0.411 e. The Morgan fingerprint density at radius 2 is 2.00 bits per heavy atom. The van der Waals surface area contributed by atoms with E-state index >= 15 is 0 Å². The van der Waals surface area contributed by atoms with Gasteiger partial charge in [0, 0.05) is 6.54 Å². The van der Waals surface area contributed by atoms with Crippen LogP contribution in [0.25, 0.3) is 0 Å². The molecule has 1 atom stereocenters. The van der Waals surface area contributed by atoms with E-state index < -0.39 is 17.6 Å². The molecule has 2 heterocycles. The van der Waals surface area contributed by atoms with Gasteiger partial charge in [-0.15, -0.1) is 0 Å². The largest absolute Gasteiger partial charge is 0.468 e. The Hall–Kier alpha value is -2.57. The summed E-state index contributed by atoms with van der Waals surface area (Å²) in [6, 6.07) is 9.39. The first-order valence-corrected chi connectivity index (χ1v) is 7.91. The Morgan fingerprint density at radius 3 is 2.67 bits per heavy atom. The monoisotopic (exact) mass is 332 g/mol. The molecule has 24 heavy (non-hydrogen) atoms. The van der Waals surface area contributed by atoms with Crippen molar-refractivity contribution in [3.05, 3.63) is 35.9 Å². The van der Waals surface area contributed by atoms with Gasteiger partial charge in [-0.2, -0.15) is 0 Å². The Kier molecular flexibility index (Phi) is 4.42. The molecule has 7 nitrogen and oxygen atoms in total. The predicted molar refractivity (Wildman–Crippen MR) is 83.9 cm³/mol. The van der Waals surface area contributed by atoms with E-state index in [1.165, 1.54) is 16.9 Å². The van der Waals surface area contributed by atoms with Gasteiger partial charge in [0.25, 0.3) is 5.91 Å². The number of hydrogen-bond donors (Lipinski definition) is 0. The van der Waals surface area contributed by atoms with E-state index in [4.69, 9.17) is 4.74 Å². The van der Waals surface area contributed by atoms with E-state index in [0.29, 0.717) is 19.5 Å². The lowest BCUT2D eigenvalue weighted by Gasteiger charge is -2.50. The number of carbonyl (C=O) groups is 3. The number of carbonyl (C=O) groups excluding carboxylic acids is 3. The summed E-state index contributed by atoms with van der Waals surface area (Å²) in [5.74, 6) is -0.670. The Labute approximate surface area is 140 Å². The average Bonchev–Trinajstić information content (AvgIpc) is 3.06. The quantitative estimate of drug-likeness (QED) is 0.611. The minimum Gasteiger partial charge on any atom is -0.468 e. The van der Waals surface area contributed by atoms with Crippen LogP contribution in [-0.4, -0.2) is 60.1 Å². The lowest BCUT2D eigenvalue weighted by atomic mass is 9.86. The van der Waals surface area contributed by atoms with Crippen LogP contribution in [0.3, 0.4) is 0 Å². The minimum atomic E-state index is -0.845. The van der Waals surface area contributed by atoms with Crippen molar-refractivity contribution in [3.63, 3.8) is 0 Å². The molecule has 0 N–H and O–H groups in total. The molecular formula is C17H20N2O5. The topological polar surface area (TPSA) is 76.2 Å². The summed E-state index contributed by atoms with van der Waals surface area (Å²) in [7, 11) is 1.28. The molecule has 128 valence electrons. The Balaban J connectivity index is 1.60. The molecule has 3 rings (SSSR count). The lowest BCUT2D eigenvalue weighted by molar-refractivity contribution is -0.165. The van der Waals surface area contributed by atoms with Gasteiger partial charge in [0.2, 0.25) is 0 Å². The Bertz CT molecular complexity index is 648. The number of esters is 1. The molecule has 0 saturated carbocycles. The van der Waals surface area contributed by atoms with Gasteiger partial charge in [-0.05, 0) is 18.4 Å². The summed E-state index contributed by atoms with van der Waals surface area (Å²) in [6.07, 6.45) is 0.866. The van der Waals surface area contributed by atoms with Gasteiger partial charge in [0.05, 0.1) is 13.7 Å². The van der Waals surface area contributed by atoms with Crippen molar-refractivity contribution >= 4 is 18.0 Å². The number of benzene rings is 1. The van der Waals surface area contributed by atoms with Crippen LogP contribution < -0.4 is 0 Å². The fourth-order valence-corrected chi connectivity index (χ4v) is 3.33. The molecule has 0 radical (unpaired) electrons. The number of β-lactam (4-membered cyclic amide) rings is 1. The highest BCUT2D eigenvalue weighted by Gasteiger charge is 2.60. The maximum absolute atomic E-state index is 12.5. The molecule has 0 bridgehead atoms. The fourth-order valence-electron chi connectivity index (χ4n) is 3.33. The molecule has 7 heteroatoms. The number of amides is 2. The number of methoxy groups -OCH3 is 1. The summed E-state index contributed by atoms with van der Waals surface area (Å²) >= 11 is 0. The van der Waals surface area contributed by atoms with Crippen LogP contribution in [0.1, 0.15) is 18.4 Å². The minimum absolute atomic E-state index is 0.0794. The Morgan fingerprint density at radius 1 is 1.25 bits per heavy atom. The third-order valence-corrected chi connectivity index (χ3v) is 4.60. The molecule has 2 saturated heterocycles. The second-order valence-electron chi connectivity index (χ2n) is 6.06. The molecule has 1 spiro atoms. The van der Waals surface area contributed by atoms with Crippen molar-refractivity contribution in [3.8, 4) is 0 Å². The van der Waals surface area contributed by atoms with Crippen LogP contribution >= 0.6 is 0 Å². The normalized spacial score (nSPS) is 22.5. The number of ether oxygens (including phenoxy) is 2. The fraction of sp³-hybridized carbons (Fsp3) is 0.471. The van der Waals surface area contributed by atoms with Crippen LogP contribution in [0.2, 0.25) is 0 Å². The van der Waals surface area contributed by atoms with Crippen molar-refractivity contribution in [2.45, 2.75) is 25.0 Å². The summed E-state index contributed by atoms with van der Waals surface area (Å²) < 4.78 is 9.93. The van der Waals surface area contributed by atoms with Gasteiger partial charge in [-0.3, -0.25) is 14.5 Å². The van der Waals surface area contributed by atoms with E-state index in [2.05, 4.69) is 4.74 Å². The van der Waals surface area contributed by atoms with Crippen LogP contribution in [0.15, 0.2) is 30.3 Å². The summed E-state index contributed by atoms with van der Waals surface area (Å²) in [4.78, 5) is 39.1. The molecule has 1 unspecified atom stereocenters. The van der Waals surface area contributed by atoms with Gasteiger partial charge in [0.1, 0.15) is 18.7 Å². The molecule has 2 amide bonds. The van der Waals surface area contributed by atoms with Crippen molar-refractivity contribution in [1.29, 1.82) is 0 Å². The highest BCUT2D eigenvalue weighted by molar-refractivity contribution is 5.98. The third-order valence-electron chi connectivity index (χ3n) is 4.60. The van der Waals surface area contributed by atoms with Crippen LogP contribution in [0, 0.1) is 0 Å². The number of hydrogen-bond acceptors (Lipinski definition) is 5. The van der Waals surface area contributed by atoms with Crippen LogP contribution in [0.5, 0.6) is 0 Å². The zero-order valence-corrected chi connectivity index (χ0v) is 13.6. The predicted octanol–water partition coefficient (Wildman–Crippen LogP) is 1.17. The van der Waals surface area contributed by atoms with E-state index in [0.717, 1.165) is 12.0 Å². The van der Waals surface area contributed by atoms with Gasteiger partial charge < -0.3 is 14.4 Å². The average molecular weight is 332 g/mol. The second-order valence-corrected chi connectivity index (χ2v) is 6.06. The molecule has 0 aliphatic carbocycles. The molecule has 0 aromatic heterocycles. The van der Waals surface area contributed by atoms with Crippen molar-refractivity contribution in [1.82, 2.24) is 9.80 Å².